The van der Waals surface area contributed by atoms with Crippen LogP contribution in [0.5, 0.6) is 0 Å². The molecule has 0 aromatic heterocycles. The van der Waals surface area contributed by atoms with Gasteiger partial charge in [0.1, 0.15) is 0 Å². The lowest BCUT2D eigenvalue weighted by Crippen LogP contribution is -2.25. The summed E-state index contributed by atoms with van der Waals surface area (Å²) in [5.74, 6) is -1.12. The molecule has 2 N–H and O–H groups in total. The minimum atomic E-state index is -3.68. The van der Waals surface area contributed by atoms with Crippen molar-refractivity contribution in [1.82, 2.24) is 4.72 Å². The number of halogens is 1. The largest absolute Gasteiger partial charge is 0.478 e. The zero-order chi connectivity index (χ0) is 13.9. The van der Waals surface area contributed by atoms with Crippen molar-refractivity contribution in [2.75, 3.05) is 6.54 Å². The molecule has 0 heterocycles. The Hall–Kier alpha value is -1.18. The van der Waals surface area contributed by atoms with E-state index < -0.39 is 16.0 Å². The Bertz CT molecular complexity index is 595. The first kappa shape index (κ1) is 14.9. The molecule has 0 radical (unpaired) electrons. The van der Waals surface area contributed by atoms with Crippen LogP contribution in [0.2, 0.25) is 0 Å². The molecule has 0 unspecified atom stereocenters. The van der Waals surface area contributed by atoms with Crippen LogP contribution in [-0.2, 0) is 10.0 Å². The minimum absolute atomic E-state index is 0.00579. The van der Waals surface area contributed by atoms with Crippen LogP contribution in [0.3, 0.4) is 0 Å². The number of hydrogen-bond acceptors (Lipinski definition) is 3. The van der Waals surface area contributed by atoms with Gasteiger partial charge in [-0.3, -0.25) is 0 Å². The summed E-state index contributed by atoms with van der Waals surface area (Å²) in [6.45, 7) is 5.43. The van der Waals surface area contributed by atoms with E-state index in [4.69, 9.17) is 5.11 Å². The van der Waals surface area contributed by atoms with Gasteiger partial charge in [-0.25, -0.2) is 17.9 Å². The molecule has 0 bridgehead atoms. The molecule has 0 aliphatic heterocycles. The Labute approximate surface area is 114 Å². The first-order chi connectivity index (χ1) is 8.24. The molecular weight excluding hydrogens is 322 g/mol. The predicted molar refractivity (Wildman–Crippen MR) is 71.1 cm³/mol. The third-order valence-corrected chi connectivity index (χ3v) is 4.41. The zero-order valence-electron chi connectivity index (χ0n) is 9.60. The van der Waals surface area contributed by atoms with Gasteiger partial charge < -0.3 is 5.11 Å². The van der Waals surface area contributed by atoms with E-state index >= 15 is 0 Å². The van der Waals surface area contributed by atoms with Crippen molar-refractivity contribution < 1.29 is 18.3 Å². The second-order valence-corrected chi connectivity index (χ2v) is 6.32. The van der Waals surface area contributed by atoms with E-state index in [2.05, 4.69) is 27.2 Å². The van der Waals surface area contributed by atoms with Gasteiger partial charge >= 0.3 is 5.97 Å². The van der Waals surface area contributed by atoms with E-state index in [1.807, 2.05) is 0 Å². The molecule has 5 nitrogen and oxygen atoms in total. The van der Waals surface area contributed by atoms with Gasteiger partial charge in [0, 0.05) is 11.0 Å². The van der Waals surface area contributed by atoms with Gasteiger partial charge in [-0.1, -0.05) is 12.2 Å². The molecule has 1 rings (SSSR count). The van der Waals surface area contributed by atoms with Gasteiger partial charge in [0.05, 0.1) is 10.5 Å². The highest BCUT2D eigenvalue weighted by Gasteiger charge is 2.18. The van der Waals surface area contributed by atoms with Crippen molar-refractivity contribution >= 4 is 31.9 Å². The van der Waals surface area contributed by atoms with Crippen LogP contribution in [0.15, 0.2) is 39.7 Å². The van der Waals surface area contributed by atoms with E-state index in [9.17, 15) is 13.2 Å². The predicted octanol–water partition coefficient (Wildman–Crippen LogP) is 2.00. The number of nitrogens with one attached hydrogen (secondary N) is 1. The molecule has 98 valence electrons. The van der Waals surface area contributed by atoms with E-state index in [-0.39, 0.29) is 21.5 Å². The number of carbonyl (C=O) groups is 1. The van der Waals surface area contributed by atoms with Gasteiger partial charge in [0.25, 0.3) is 0 Å². The maximum absolute atomic E-state index is 11.9. The highest BCUT2D eigenvalue weighted by Crippen LogP contribution is 2.23. The molecule has 0 atom stereocenters. The average molecular weight is 334 g/mol. The molecule has 1 aromatic rings. The monoisotopic (exact) mass is 333 g/mol. The summed E-state index contributed by atoms with van der Waals surface area (Å²) in [6.07, 6.45) is 0. The van der Waals surface area contributed by atoms with Crippen LogP contribution in [-0.4, -0.2) is 26.0 Å². The highest BCUT2D eigenvalue weighted by molar-refractivity contribution is 9.10. The Morgan fingerprint density at radius 3 is 2.56 bits per heavy atom. The van der Waals surface area contributed by atoms with Crippen molar-refractivity contribution in [3.63, 3.8) is 0 Å². The molecule has 1 aromatic carbocycles. The van der Waals surface area contributed by atoms with E-state index in [0.717, 1.165) is 0 Å². The van der Waals surface area contributed by atoms with Crippen LogP contribution < -0.4 is 4.72 Å². The fourth-order valence-corrected chi connectivity index (χ4v) is 3.32. The Kier molecular flexibility index (Phi) is 4.66. The molecule has 0 aliphatic rings. The third kappa shape index (κ3) is 3.66. The topological polar surface area (TPSA) is 83.5 Å². The molecule has 0 aliphatic carbocycles. The number of aromatic carboxylic acids is 1. The molecule has 0 fully saturated rings. The molecule has 18 heavy (non-hydrogen) atoms. The molecule has 0 saturated heterocycles. The van der Waals surface area contributed by atoms with Crippen LogP contribution in [0.1, 0.15) is 17.3 Å². The normalized spacial score (nSPS) is 11.2. The second-order valence-electron chi connectivity index (χ2n) is 3.73. The fourth-order valence-electron chi connectivity index (χ4n) is 1.15. The van der Waals surface area contributed by atoms with Crippen LogP contribution >= 0.6 is 15.9 Å². The summed E-state index contributed by atoms with van der Waals surface area (Å²) in [4.78, 5) is 10.7. The molecule has 0 amide bonds. The van der Waals surface area contributed by atoms with Gasteiger partial charge in [0.15, 0.2) is 0 Å². The zero-order valence-corrected chi connectivity index (χ0v) is 12.0. The quantitative estimate of drug-likeness (QED) is 0.807. The Balaban J connectivity index is 3.10. The van der Waals surface area contributed by atoms with Gasteiger partial charge in [-0.15, -0.1) is 0 Å². The lowest BCUT2D eigenvalue weighted by atomic mass is 10.2. The molecule has 0 spiro atoms. The van der Waals surface area contributed by atoms with Crippen molar-refractivity contribution in [2.45, 2.75) is 11.8 Å². The highest BCUT2D eigenvalue weighted by atomic mass is 79.9. The Morgan fingerprint density at radius 2 is 2.11 bits per heavy atom. The number of carboxylic acid groups (broad SMARTS) is 1. The number of hydrogen-bond donors (Lipinski definition) is 2. The maximum atomic E-state index is 11.9. The average Bonchev–Trinajstić information content (AvgIpc) is 2.26. The standard InChI is InChI=1S/C11H12BrNO4S/c1-7(2)6-13-18(16,17)10-4-3-8(11(14)15)5-9(10)12/h3-5,13H,1,6H2,2H3,(H,14,15). The van der Waals surface area contributed by atoms with E-state index in [0.29, 0.717) is 5.57 Å². The van der Waals surface area contributed by atoms with E-state index in [1.165, 1.54) is 18.2 Å². The summed E-state index contributed by atoms with van der Waals surface area (Å²) in [5, 5.41) is 8.78. The van der Waals surface area contributed by atoms with Crippen LogP contribution in [0.4, 0.5) is 0 Å². The van der Waals surface area contributed by atoms with Gasteiger partial charge in [-0.05, 0) is 41.1 Å². The summed E-state index contributed by atoms with van der Waals surface area (Å²) < 4.78 is 26.4. The van der Waals surface area contributed by atoms with Crippen LogP contribution in [0, 0.1) is 0 Å². The molecule has 0 saturated carbocycles. The van der Waals surface area contributed by atoms with Crippen molar-refractivity contribution in [1.29, 1.82) is 0 Å². The summed E-state index contributed by atoms with van der Waals surface area (Å²) in [5.41, 5.74) is 0.692. The first-order valence-electron chi connectivity index (χ1n) is 4.91. The van der Waals surface area contributed by atoms with E-state index in [1.54, 1.807) is 6.92 Å². The molecule has 7 heteroatoms. The number of benzene rings is 1. The summed E-state index contributed by atoms with van der Waals surface area (Å²) in [7, 11) is -3.68. The first-order valence-corrected chi connectivity index (χ1v) is 7.18. The lowest BCUT2D eigenvalue weighted by Gasteiger charge is -2.08. The minimum Gasteiger partial charge on any atom is -0.478 e. The summed E-state index contributed by atoms with van der Waals surface area (Å²) >= 11 is 3.05. The van der Waals surface area contributed by atoms with Gasteiger partial charge in [-0.2, -0.15) is 0 Å². The second kappa shape index (κ2) is 5.64. The fraction of sp³-hybridized carbons (Fsp3) is 0.182. The van der Waals surface area contributed by atoms with Crippen LogP contribution in [0.25, 0.3) is 0 Å². The lowest BCUT2D eigenvalue weighted by molar-refractivity contribution is 0.0696. The number of rotatable bonds is 5. The van der Waals surface area contributed by atoms with Crippen molar-refractivity contribution in [3.8, 4) is 0 Å². The molecular formula is C11H12BrNO4S. The number of sulfonamides is 1. The SMILES string of the molecule is C=C(C)CNS(=O)(=O)c1ccc(C(=O)O)cc1Br. The maximum Gasteiger partial charge on any atom is 0.335 e. The smallest absolute Gasteiger partial charge is 0.335 e. The number of carboxylic acids is 1. The summed E-state index contributed by atoms with van der Waals surface area (Å²) in [6, 6.07) is 3.73. The van der Waals surface area contributed by atoms with Crippen molar-refractivity contribution in [2.24, 2.45) is 0 Å². The Morgan fingerprint density at radius 1 is 1.50 bits per heavy atom. The van der Waals surface area contributed by atoms with Gasteiger partial charge in [0.2, 0.25) is 10.0 Å². The third-order valence-electron chi connectivity index (χ3n) is 2.03. The van der Waals surface area contributed by atoms with Crippen molar-refractivity contribution in [3.05, 3.63) is 40.4 Å².